The predicted molar refractivity (Wildman–Crippen MR) is 175 cm³/mol. The summed E-state index contributed by atoms with van der Waals surface area (Å²) in [7, 11) is -2.63. The molecule has 1 unspecified atom stereocenters. The maximum atomic E-state index is 14.4. The SMILES string of the molecule is CCC(C(=O)NC1CCCCC1)N(Cc1cccc(OC)c1)C(=O)CN(c1cccc(Cl)c1C)S(=O)(=O)c1ccc(C)cc1. The van der Waals surface area contributed by atoms with Crippen molar-refractivity contribution in [1.82, 2.24) is 10.2 Å². The average Bonchev–Trinajstić information content (AvgIpc) is 3.02. The molecule has 8 nitrogen and oxygen atoms in total. The predicted octanol–water partition coefficient (Wildman–Crippen LogP) is 6.42. The number of methoxy groups -OCH3 is 1. The van der Waals surface area contributed by atoms with Gasteiger partial charge in [-0.2, -0.15) is 0 Å². The molecule has 1 saturated carbocycles. The number of nitrogens with zero attached hydrogens (tertiary/aromatic N) is 2. The normalized spacial score (nSPS) is 14.5. The van der Waals surface area contributed by atoms with Crippen molar-refractivity contribution in [3.63, 3.8) is 0 Å². The molecule has 3 aromatic carbocycles. The molecule has 1 N–H and O–H groups in total. The third-order valence-corrected chi connectivity index (χ3v) is 10.4. The molecule has 236 valence electrons. The van der Waals surface area contributed by atoms with Crippen LogP contribution in [0.3, 0.4) is 0 Å². The molecule has 44 heavy (non-hydrogen) atoms. The largest absolute Gasteiger partial charge is 0.497 e. The fourth-order valence-electron chi connectivity index (χ4n) is 5.65. The first-order chi connectivity index (χ1) is 21.0. The van der Waals surface area contributed by atoms with Crippen molar-refractivity contribution in [2.45, 2.75) is 82.8 Å². The molecule has 2 amide bonds. The fraction of sp³-hybridized carbons (Fsp3) is 0.412. The highest BCUT2D eigenvalue weighted by atomic mass is 35.5. The lowest BCUT2D eigenvalue weighted by atomic mass is 9.95. The zero-order valence-corrected chi connectivity index (χ0v) is 27.5. The summed E-state index contributed by atoms with van der Waals surface area (Å²) in [6, 6.07) is 18.0. The summed E-state index contributed by atoms with van der Waals surface area (Å²) in [6.45, 7) is 5.03. The zero-order chi connectivity index (χ0) is 31.9. The van der Waals surface area contributed by atoms with Crippen LogP contribution >= 0.6 is 11.6 Å². The Hall–Kier alpha value is -3.56. The number of halogens is 1. The zero-order valence-electron chi connectivity index (χ0n) is 25.9. The maximum Gasteiger partial charge on any atom is 0.264 e. The van der Waals surface area contributed by atoms with E-state index in [9.17, 15) is 18.0 Å². The number of sulfonamides is 1. The van der Waals surface area contributed by atoms with Gasteiger partial charge >= 0.3 is 0 Å². The van der Waals surface area contributed by atoms with E-state index in [1.54, 1.807) is 50.4 Å². The Bertz CT molecular complexity index is 1560. The lowest BCUT2D eigenvalue weighted by molar-refractivity contribution is -0.140. The minimum Gasteiger partial charge on any atom is -0.497 e. The maximum absolute atomic E-state index is 14.4. The van der Waals surface area contributed by atoms with Crippen LogP contribution in [0.15, 0.2) is 71.6 Å². The minimum atomic E-state index is -4.19. The van der Waals surface area contributed by atoms with Gasteiger partial charge in [-0.25, -0.2) is 8.42 Å². The van der Waals surface area contributed by atoms with Crippen molar-refractivity contribution in [3.05, 3.63) is 88.4 Å². The number of ether oxygens (including phenoxy) is 1. The molecular formula is C34H42ClN3O5S. The smallest absolute Gasteiger partial charge is 0.264 e. The van der Waals surface area contributed by atoms with Crippen molar-refractivity contribution in [3.8, 4) is 5.75 Å². The Morgan fingerprint density at radius 1 is 1.00 bits per heavy atom. The Morgan fingerprint density at radius 2 is 1.68 bits per heavy atom. The van der Waals surface area contributed by atoms with Crippen LogP contribution in [0.1, 0.15) is 62.1 Å². The summed E-state index contributed by atoms with van der Waals surface area (Å²) in [5.74, 6) is -0.121. The Labute approximate surface area is 266 Å². The average molecular weight is 640 g/mol. The molecule has 0 saturated heterocycles. The van der Waals surface area contributed by atoms with Gasteiger partial charge < -0.3 is 15.0 Å². The van der Waals surface area contributed by atoms with Gasteiger partial charge in [0.2, 0.25) is 11.8 Å². The van der Waals surface area contributed by atoms with Gasteiger partial charge in [-0.15, -0.1) is 0 Å². The second-order valence-electron chi connectivity index (χ2n) is 11.3. The number of hydrogen-bond donors (Lipinski definition) is 1. The molecule has 0 aromatic heterocycles. The number of carbonyl (C=O) groups is 2. The van der Waals surface area contributed by atoms with Crippen LogP contribution in [-0.4, -0.2) is 50.9 Å². The third-order valence-electron chi connectivity index (χ3n) is 8.22. The van der Waals surface area contributed by atoms with Crippen LogP contribution in [0.25, 0.3) is 0 Å². The van der Waals surface area contributed by atoms with Crippen LogP contribution in [0.5, 0.6) is 5.75 Å². The monoisotopic (exact) mass is 639 g/mol. The van der Waals surface area contributed by atoms with E-state index in [0.29, 0.717) is 28.4 Å². The summed E-state index contributed by atoms with van der Waals surface area (Å²) in [5.41, 5.74) is 2.49. The van der Waals surface area contributed by atoms with Crippen molar-refractivity contribution in [1.29, 1.82) is 0 Å². The summed E-state index contributed by atoms with van der Waals surface area (Å²) < 4.78 is 34.8. The van der Waals surface area contributed by atoms with Crippen molar-refractivity contribution in [2.24, 2.45) is 0 Å². The number of anilines is 1. The highest BCUT2D eigenvalue weighted by Gasteiger charge is 2.35. The lowest BCUT2D eigenvalue weighted by Gasteiger charge is -2.35. The molecule has 0 heterocycles. The van der Waals surface area contributed by atoms with E-state index in [4.69, 9.17) is 16.3 Å². The first-order valence-corrected chi connectivity index (χ1v) is 16.9. The van der Waals surface area contributed by atoms with Crippen LogP contribution < -0.4 is 14.4 Å². The van der Waals surface area contributed by atoms with Gasteiger partial charge in [0.25, 0.3) is 10.0 Å². The molecular weight excluding hydrogens is 598 g/mol. The van der Waals surface area contributed by atoms with Crippen LogP contribution in [-0.2, 0) is 26.2 Å². The Kier molecular flexibility index (Phi) is 11.3. The molecule has 1 aliphatic rings. The van der Waals surface area contributed by atoms with Crippen molar-refractivity contribution >= 4 is 39.1 Å². The summed E-state index contributed by atoms with van der Waals surface area (Å²) >= 11 is 6.44. The topological polar surface area (TPSA) is 96.0 Å². The second-order valence-corrected chi connectivity index (χ2v) is 13.6. The molecule has 0 spiro atoms. The molecule has 1 aliphatic carbocycles. The molecule has 1 fully saturated rings. The van der Waals surface area contributed by atoms with Gasteiger partial charge in [0.05, 0.1) is 17.7 Å². The molecule has 0 aliphatic heterocycles. The minimum absolute atomic E-state index is 0.0525. The third kappa shape index (κ3) is 7.93. The van der Waals surface area contributed by atoms with Gasteiger partial charge in [-0.05, 0) is 80.6 Å². The van der Waals surface area contributed by atoms with E-state index in [-0.39, 0.29) is 23.4 Å². The summed E-state index contributed by atoms with van der Waals surface area (Å²) in [6.07, 6.45) is 5.43. The van der Waals surface area contributed by atoms with E-state index in [2.05, 4.69) is 5.32 Å². The van der Waals surface area contributed by atoms with Gasteiger partial charge in [0, 0.05) is 17.6 Å². The highest BCUT2D eigenvalue weighted by Crippen LogP contribution is 2.31. The first-order valence-electron chi connectivity index (χ1n) is 15.1. The fourth-order valence-corrected chi connectivity index (χ4v) is 7.29. The number of amides is 2. The van der Waals surface area contributed by atoms with E-state index in [1.165, 1.54) is 17.0 Å². The van der Waals surface area contributed by atoms with Crippen LogP contribution in [0, 0.1) is 13.8 Å². The lowest BCUT2D eigenvalue weighted by Crippen LogP contribution is -2.54. The van der Waals surface area contributed by atoms with E-state index >= 15 is 0 Å². The number of benzene rings is 3. The Morgan fingerprint density at radius 3 is 2.34 bits per heavy atom. The second kappa shape index (κ2) is 14.9. The summed E-state index contributed by atoms with van der Waals surface area (Å²) in [5, 5.41) is 3.55. The number of rotatable bonds is 12. The number of carbonyl (C=O) groups excluding carboxylic acids is 2. The van der Waals surface area contributed by atoms with E-state index in [1.807, 2.05) is 32.0 Å². The van der Waals surface area contributed by atoms with Gasteiger partial charge in [-0.3, -0.25) is 13.9 Å². The summed E-state index contributed by atoms with van der Waals surface area (Å²) in [4.78, 5) is 29.7. The van der Waals surface area contributed by atoms with Crippen LogP contribution in [0.4, 0.5) is 5.69 Å². The highest BCUT2D eigenvalue weighted by molar-refractivity contribution is 7.92. The first kappa shape index (κ1) is 33.3. The molecule has 10 heteroatoms. The molecule has 0 bridgehead atoms. The van der Waals surface area contributed by atoms with Crippen LogP contribution in [0.2, 0.25) is 5.02 Å². The number of nitrogens with one attached hydrogen (secondary N) is 1. The van der Waals surface area contributed by atoms with Gasteiger partial charge in [-0.1, -0.05) is 73.7 Å². The standard InChI is InChI=1S/C34H42ClN3O5S/c1-5-31(34(40)36-27-12-7-6-8-13-27)37(22-26-11-9-14-28(21-26)43-4)33(39)23-38(32-16-10-15-30(35)25(32)3)44(41,42)29-19-17-24(2)18-20-29/h9-11,14-21,27,31H,5-8,12-13,22-23H2,1-4H3,(H,36,40). The Balaban J connectivity index is 1.75. The number of aryl methyl sites for hydroxylation is 1. The molecule has 4 rings (SSSR count). The molecule has 3 aromatic rings. The van der Waals surface area contributed by atoms with Gasteiger partial charge in [0.15, 0.2) is 0 Å². The molecule has 0 radical (unpaired) electrons. The van der Waals surface area contributed by atoms with Gasteiger partial charge in [0.1, 0.15) is 18.3 Å². The van der Waals surface area contributed by atoms with E-state index in [0.717, 1.165) is 47.5 Å². The number of hydrogen-bond acceptors (Lipinski definition) is 5. The quantitative estimate of drug-likeness (QED) is 0.247. The van der Waals surface area contributed by atoms with Crippen molar-refractivity contribution < 1.29 is 22.7 Å². The molecule has 1 atom stereocenters. The van der Waals surface area contributed by atoms with Crippen molar-refractivity contribution in [2.75, 3.05) is 18.0 Å². The van der Waals surface area contributed by atoms with E-state index < -0.39 is 28.5 Å².